The van der Waals surface area contributed by atoms with Crippen molar-refractivity contribution in [2.45, 2.75) is 44.1 Å². The lowest BCUT2D eigenvalue weighted by molar-refractivity contribution is -0.0547. The number of alkyl halides is 2. The molecule has 112 valence electrons. The minimum Gasteiger partial charge on any atom is -0.395 e. The van der Waals surface area contributed by atoms with Crippen molar-refractivity contribution in [2.24, 2.45) is 0 Å². The van der Waals surface area contributed by atoms with Gasteiger partial charge in [-0.1, -0.05) is 49.6 Å². The summed E-state index contributed by atoms with van der Waals surface area (Å²) in [5.74, 6) is -2.87. The van der Waals surface area contributed by atoms with Gasteiger partial charge in [-0.25, -0.2) is 0 Å². The van der Waals surface area contributed by atoms with Crippen molar-refractivity contribution >= 4 is 0 Å². The maximum absolute atomic E-state index is 14.4. The van der Waals surface area contributed by atoms with Crippen LogP contribution in [0.25, 0.3) is 0 Å². The largest absolute Gasteiger partial charge is 0.395 e. The summed E-state index contributed by atoms with van der Waals surface area (Å²) in [6.45, 7) is -0.0449. The predicted molar refractivity (Wildman–Crippen MR) is 75.9 cm³/mol. The molecule has 1 fully saturated rings. The number of aliphatic hydroxyl groups is 1. The Kier molecular flexibility index (Phi) is 5.49. The third kappa shape index (κ3) is 4.00. The summed E-state index contributed by atoms with van der Waals surface area (Å²) in [5, 5.41) is 9.15. The minimum absolute atomic E-state index is 0.0544. The highest BCUT2D eigenvalue weighted by Crippen LogP contribution is 2.31. The van der Waals surface area contributed by atoms with Crippen molar-refractivity contribution in [1.29, 1.82) is 0 Å². The van der Waals surface area contributed by atoms with Crippen LogP contribution in [0.15, 0.2) is 30.3 Å². The molecule has 1 saturated carbocycles. The fourth-order valence-corrected chi connectivity index (χ4v) is 2.99. The normalized spacial score (nSPS) is 17.6. The Hall–Kier alpha value is -1.00. The third-order valence-corrected chi connectivity index (χ3v) is 4.08. The molecular formula is C16H23F2NO. The van der Waals surface area contributed by atoms with Gasteiger partial charge in [0.05, 0.1) is 13.2 Å². The van der Waals surface area contributed by atoms with Gasteiger partial charge in [-0.05, 0) is 12.8 Å². The molecule has 2 rings (SSSR count). The van der Waals surface area contributed by atoms with E-state index >= 15 is 0 Å². The lowest BCUT2D eigenvalue weighted by Gasteiger charge is -2.36. The first kappa shape index (κ1) is 15.4. The molecular weight excluding hydrogens is 260 g/mol. The average molecular weight is 283 g/mol. The Morgan fingerprint density at radius 2 is 1.75 bits per heavy atom. The first-order chi connectivity index (χ1) is 9.63. The lowest BCUT2D eigenvalue weighted by Crippen LogP contribution is -2.44. The zero-order valence-corrected chi connectivity index (χ0v) is 11.8. The van der Waals surface area contributed by atoms with Crippen LogP contribution in [0.2, 0.25) is 0 Å². The highest BCUT2D eigenvalue weighted by atomic mass is 19.3. The van der Waals surface area contributed by atoms with Crippen LogP contribution in [-0.4, -0.2) is 35.7 Å². The van der Waals surface area contributed by atoms with Crippen LogP contribution in [0.4, 0.5) is 8.78 Å². The van der Waals surface area contributed by atoms with E-state index < -0.39 is 5.92 Å². The summed E-state index contributed by atoms with van der Waals surface area (Å²) in [6, 6.07) is 8.15. The molecule has 0 saturated heterocycles. The van der Waals surface area contributed by atoms with Crippen LogP contribution in [-0.2, 0) is 5.92 Å². The van der Waals surface area contributed by atoms with Crippen LogP contribution >= 0.6 is 0 Å². The summed E-state index contributed by atoms with van der Waals surface area (Å²) < 4.78 is 28.7. The average Bonchev–Trinajstić information content (AvgIpc) is 2.48. The molecule has 1 aliphatic carbocycles. The number of benzene rings is 1. The lowest BCUT2D eigenvalue weighted by atomic mass is 9.93. The number of hydrogen-bond donors (Lipinski definition) is 1. The first-order valence-corrected chi connectivity index (χ1v) is 7.42. The number of aliphatic hydroxyl groups excluding tert-OH is 1. The Bertz CT molecular complexity index is 391. The molecule has 1 aromatic rings. The van der Waals surface area contributed by atoms with E-state index in [9.17, 15) is 8.78 Å². The number of hydrogen-bond acceptors (Lipinski definition) is 2. The minimum atomic E-state index is -2.87. The second kappa shape index (κ2) is 7.14. The number of nitrogens with zero attached hydrogens (tertiary/aromatic N) is 1. The second-order valence-electron chi connectivity index (χ2n) is 5.56. The van der Waals surface area contributed by atoms with Gasteiger partial charge in [-0.3, -0.25) is 4.90 Å². The summed E-state index contributed by atoms with van der Waals surface area (Å²) in [6.07, 6.45) is 5.32. The predicted octanol–water partition coefficient (Wildman–Crippen LogP) is 3.41. The van der Waals surface area contributed by atoms with Gasteiger partial charge in [-0.2, -0.15) is 8.78 Å². The Labute approximate surface area is 119 Å². The number of rotatable bonds is 6. The van der Waals surface area contributed by atoms with Crippen molar-refractivity contribution in [3.63, 3.8) is 0 Å². The van der Waals surface area contributed by atoms with Gasteiger partial charge in [0.2, 0.25) is 0 Å². The molecule has 20 heavy (non-hydrogen) atoms. The summed E-state index contributed by atoms with van der Waals surface area (Å²) in [4.78, 5) is 1.77. The van der Waals surface area contributed by atoms with Crippen molar-refractivity contribution in [3.05, 3.63) is 35.9 Å². The second-order valence-corrected chi connectivity index (χ2v) is 5.56. The Morgan fingerprint density at radius 3 is 2.35 bits per heavy atom. The summed E-state index contributed by atoms with van der Waals surface area (Å²) >= 11 is 0. The highest BCUT2D eigenvalue weighted by molar-refractivity contribution is 5.20. The number of halogens is 2. The van der Waals surface area contributed by atoms with Gasteiger partial charge in [0.1, 0.15) is 0 Å². The first-order valence-electron chi connectivity index (χ1n) is 7.42. The zero-order valence-electron chi connectivity index (χ0n) is 11.8. The topological polar surface area (TPSA) is 23.5 Å². The molecule has 0 atom stereocenters. The van der Waals surface area contributed by atoms with Crippen LogP contribution in [0.3, 0.4) is 0 Å². The molecule has 0 amide bonds. The van der Waals surface area contributed by atoms with Crippen LogP contribution in [0.1, 0.15) is 37.7 Å². The van der Waals surface area contributed by atoms with E-state index in [4.69, 9.17) is 5.11 Å². The smallest absolute Gasteiger partial charge is 0.285 e. The van der Waals surface area contributed by atoms with Crippen LogP contribution in [0.5, 0.6) is 0 Å². The van der Waals surface area contributed by atoms with E-state index in [-0.39, 0.29) is 24.8 Å². The van der Waals surface area contributed by atoms with Gasteiger partial charge in [0.25, 0.3) is 5.92 Å². The third-order valence-electron chi connectivity index (χ3n) is 4.08. The van der Waals surface area contributed by atoms with Crippen molar-refractivity contribution < 1.29 is 13.9 Å². The van der Waals surface area contributed by atoms with E-state index in [2.05, 4.69) is 0 Å². The van der Waals surface area contributed by atoms with Gasteiger partial charge >= 0.3 is 0 Å². The maximum Gasteiger partial charge on any atom is 0.285 e. The van der Waals surface area contributed by atoms with E-state index in [1.165, 1.54) is 18.6 Å². The molecule has 2 nitrogen and oxygen atoms in total. The van der Waals surface area contributed by atoms with Crippen molar-refractivity contribution in [2.75, 3.05) is 19.7 Å². The van der Waals surface area contributed by atoms with Crippen molar-refractivity contribution in [3.8, 4) is 0 Å². The molecule has 1 aliphatic rings. The summed E-state index contributed by atoms with van der Waals surface area (Å²) in [7, 11) is 0. The molecule has 0 unspecified atom stereocenters. The quantitative estimate of drug-likeness (QED) is 0.865. The monoisotopic (exact) mass is 283 g/mol. The Morgan fingerprint density at radius 1 is 1.10 bits per heavy atom. The zero-order chi connectivity index (χ0) is 14.4. The molecule has 0 aliphatic heterocycles. The van der Waals surface area contributed by atoms with Gasteiger partial charge in [0.15, 0.2) is 0 Å². The van der Waals surface area contributed by atoms with Crippen LogP contribution < -0.4 is 0 Å². The Balaban J connectivity index is 2.06. The maximum atomic E-state index is 14.4. The van der Waals surface area contributed by atoms with Crippen molar-refractivity contribution in [1.82, 2.24) is 4.90 Å². The molecule has 0 aromatic heterocycles. The highest BCUT2D eigenvalue weighted by Gasteiger charge is 2.36. The molecule has 0 radical (unpaired) electrons. The van der Waals surface area contributed by atoms with Gasteiger partial charge < -0.3 is 5.11 Å². The molecule has 4 heteroatoms. The van der Waals surface area contributed by atoms with E-state index in [0.29, 0.717) is 6.54 Å². The van der Waals surface area contributed by atoms with E-state index in [1.54, 1.807) is 23.1 Å². The summed E-state index contributed by atoms with van der Waals surface area (Å²) in [5.41, 5.74) is 0.0544. The fraction of sp³-hybridized carbons (Fsp3) is 0.625. The molecule has 1 aromatic carbocycles. The molecule has 0 heterocycles. The van der Waals surface area contributed by atoms with Gasteiger partial charge in [0, 0.05) is 18.2 Å². The van der Waals surface area contributed by atoms with Gasteiger partial charge in [-0.15, -0.1) is 0 Å². The SMILES string of the molecule is OCCN(CC(F)(F)c1ccccc1)C1CCCCC1. The standard InChI is InChI=1S/C16H23F2NO/c17-16(18,14-7-3-1-4-8-14)13-19(11-12-20)15-9-5-2-6-10-15/h1,3-4,7-8,15,20H,2,5-6,9-13H2. The van der Waals surface area contributed by atoms with E-state index in [1.807, 2.05) is 0 Å². The van der Waals surface area contributed by atoms with E-state index in [0.717, 1.165) is 25.7 Å². The molecule has 0 spiro atoms. The molecule has 1 N–H and O–H groups in total. The van der Waals surface area contributed by atoms with Crippen LogP contribution in [0, 0.1) is 0 Å². The fourth-order valence-electron chi connectivity index (χ4n) is 2.99. The molecule has 0 bridgehead atoms.